The van der Waals surface area contributed by atoms with Gasteiger partial charge >= 0.3 is 7.12 Å². The number of fused-ring (bicyclic) bond motifs is 5. The summed E-state index contributed by atoms with van der Waals surface area (Å²) in [6, 6.07) is 2.39. The Balaban J connectivity index is 1.53. The van der Waals surface area contributed by atoms with Crippen molar-refractivity contribution in [2.75, 3.05) is 0 Å². The Morgan fingerprint density at radius 3 is 1.23 bits per heavy atom. The van der Waals surface area contributed by atoms with Crippen molar-refractivity contribution < 1.29 is 106 Å². The number of rotatable bonds is 6. The molecular formula is C39H5BF22O2. The Morgan fingerprint density at radius 1 is 0.312 bits per heavy atom. The molecule has 1 aliphatic carbocycles. The molecule has 0 saturated carbocycles. The smallest absolute Gasteiger partial charge is 0.519 e. The van der Waals surface area contributed by atoms with Gasteiger partial charge in [0, 0.05) is 11.1 Å². The van der Waals surface area contributed by atoms with Crippen LogP contribution in [-0.2, 0) is 6.42 Å². The average molecular weight is 934 g/mol. The monoisotopic (exact) mass is 934 g/mol. The van der Waals surface area contributed by atoms with Crippen molar-refractivity contribution in [3.05, 3.63) is 157 Å². The summed E-state index contributed by atoms with van der Waals surface area (Å²) in [5.41, 5.74) is -11.7. The summed E-state index contributed by atoms with van der Waals surface area (Å²) >= 11 is 0. The molecule has 0 spiro atoms. The number of halogens is 22. The molecule has 0 atom stereocenters. The standard InChI is InChI=1S/C39H5BF22O2/c41-7-3-1-2-5-4-6-9(8(5)7)19(44)27(52)26(51)16(6)40(64-39-15(25(50)32(57)35(60)37(39)62)13-23(48)30(55)34(59)31(56)24(13)49)63-38-14-12(22(47)33(58)36(38)61)17(42)10-11(18(14)43)21(46)29(54)28(53)20(10)45/h1-3H,4H2. The Kier molecular flexibility index (Phi) is 10.2. The quantitative estimate of drug-likeness (QED) is 0.0544. The summed E-state index contributed by atoms with van der Waals surface area (Å²) in [7, 11) is -3.98. The Morgan fingerprint density at radius 2 is 0.688 bits per heavy atom. The van der Waals surface area contributed by atoms with Gasteiger partial charge in [0.1, 0.15) is 17.5 Å². The average Bonchev–Trinajstić information content (AvgIpc) is 3.66. The van der Waals surface area contributed by atoms with Gasteiger partial charge in [-0.25, -0.2) is 87.8 Å². The van der Waals surface area contributed by atoms with Crippen LogP contribution < -0.4 is 14.8 Å². The second kappa shape index (κ2) is 14.9. The highest BCUT2D eigenvalue weighted by atomic mass is 19.2. The van der Waals surface area contributed by atoms with Crippen molar-refractivity contribution >= 4 is 34.1 Å². The maximum absolute atomic E-state index is 16.3. The van der Waals surface area contributed by atoms with E-state index >= 15 is 61.5 Å². The molecular weight excluding hydrogens is 929 g/mol. The highest BCUT2D eigenvalue weighted by Crippen LogP contribution is 2.47. The van der Waals surface area contributed by atoms with Gasteiger partial charge in [0.05, 0.1) is 38.1 Å². The molecule has 2 nitrogen and oxygen atoms in total. The lowest BCUT2D eigenvalue weighted by atomic mass is 9.73. The third-order valence-corrected chi connectivity index (χ3v) is 9.98. The van der Waals surface area contributed by atoms with E-state index < -0.39 is 213 Å². The van der Waals surface area contributed by atoms with Crippen LogP contribution in [0, 0.1) is 128 Å². The molecule has 330 valence electrons. The lowest BCUT2D eigenvalue weighted by Gasteiger charge is -2.24. The van der Waals surface area contributed by atoms with Crippen molar-refractivity contribution in [3.8, 4) is 33.8 Å². The number of hydrogen-bond acceptors (Lipinski definition) is 2. The summed E-state index contributed by atoms with van der Waals surface area (Å²) in [5, 5.41) is -9.67. The minimum absolute atomic E-state index is 0.471. The first-order chi connectivity index (χ1) is 30.0. The molecule has 0 radical (unpaired) electrons. The predicted molar refractivity (Wildman–Crippen MR) is 174 cm³/mol. The van der Waals surface area contributed by atoms with E-state index in [0.29, 0.717) is 6.07 Å². The molecule has 1 aliphatic rings. The Hall–Kier alpha value is -6.82. The summed E-state index contributed by atoms with van der Waals surface area (Å²) in [5.74, 6) is -69.4. The normalized spacial score (nSPS) is 12.2. The zero-order valence-corrected chi connectivity index (χ0v) is 29.6. The third-order valence-electron chi connectivity index (χ3n) is 9.98. The van der Waals surface area contributed by atoms with Crippen LogP contribution in [0.4, 0.5) is 96.6 Å². The second-order valence-corrected chi connectivity index (χ2v) is 13.3. The fourth-order valence-corrected chi connectivity index (χ4v) is 7.19. The van der Waals surface area contributed by atoms with E-state index in [1.807, 2.05) is 0 Å². The van der Waals surface area contributed by atoms with E-state index in [0.717, 1.165) is 12.1 Å². The predicted octanol–water partition coefficient (Wildman–Crippen LogP) is 12.1. The topological polar surface area (TPSA) is 18.5 Å². The number of benzene rings is 7. The van der Waals surface area contributed by atoms with Crippen molar-refractivity contribution in [1.82, 2.24) is 0 Å². The molecule has 0 unspecified atom stereocenters. The van der Waals surface area contributed by atoms with Gasteiger partial charge in [-0.1, -0.05) is 12.1 Å². The minimum atomic E-state index is -3.98. The van der Waals surface area contributed by atoms with E-state index in [9.17, 15) is 35.1 Å². The van der Waals surface area contributed by atoms with Crippen LogP contribution in [0.5, 0.6) is 11.5 Å². The SMILES string of the molecule is Fc1cccc2c1-c1c(F)c(F)c(F)c(B(Oc3c(F)c(F)c(F)c(F)c3-c3c(F)c(F)c(F)c(F)c3F)Oc3c(F)c(F)c(F)c4c(F)c5c(F)c(F)c(F)c(F)c5c(F)c34)c1C2. The van der Waals surface area contributed by atoms with Crippen molar-refractivity contribution in [2.24, 2.45) is 0 Å². The molecule has 0 amide bonds. The molecule has 25 heteroatoms. The van der Waals surface area contributed by atoms with Gasteiger partial charge in [0.15, 0.2) is 98.8 Å². The van der Waals surface area contributed by atoms with Gasteiger partial charge in [0.2, 0.25) is 23.3 Å². The highest BCUT2D eigenvalue weighted by Gasteiger charge is 2.46. The van der Waals surface area contributed by atoms with Crippen molar-refractivity contribution in [3.63, 3.8) is 0 Å². The van der Waals surface area contributed by atoms with E-state index in [2.05, 4.69) is 0 Å². The van der Waals surface area contributed by atoms with Gasteiger partial charge in [-0.2, -0.15) is 8.78 Å². The summed E-state index contributed by atoms with van der Waals surface area (Å²) in [4.78, 5) is 0. The fraction of sp³-hybridized carbons (Fsp3) is 0.0256. The van der Waals surface area contributed by atoms with Crippen LogP contribution in [0.1, 0.15) is 11.1 Å². The first-order valence-corrected chi connectivity index (χ1v) is 16.8. The van der Waals surface area contributed by atoms with Crippen LogP contribution in [0.2, 0.25) is 0 Å². The van der Waals surface area contributed by atoms with Gasteiger partial charge in [-0.3, -0.25) is 0 Å². The molecule has 7 aromatic rings. The molecule has 64 heavy (non-hydrogen) atoms. The summed E-state index contributed by atoms with van der Waals surface area (Å²) in [6.45, 7) is 0. The lowest BCUT2D eigenvalue weighted by molar-refractivity contribution is 0.359. The molecule has 0 aliphatic heterocycles. The van der Waals surface area contributed by atoms with Crippen LogP contribution in [-0.4, -0.2) is 7.12 Å². The van der Waals surface area contributed by atoms with Crippen LogP contribution in [0.15, 0.2) is 18.2 Å². The van der Waals surface area contributed by atoms with Gasteiger partial charge in [0.25, 0.3) is 0 Å². The Bertz CT molecular complexity index is 3270. The van der Waals surface area contributed by atoms with Gasteiger partial charge < -0.3 is 9.31 Å². The zero-order chi connectivity index (χ0) is 47.0. The van der Waals surface area contributed by atoms with E-state index in [-0.39, 0.29) is 0 Å². The van der Waals surface area contributed by atoms with E-state index in [1.54, 1.807) is 0 Å². The molecule has 0 heterocycles. The van der Waals surface area contributed by atoms with Gasteiger partial charge in [-0.15, -0.1) is 0 Å². The van der Waals surface area contributed by atoms with Crippen LogP contribution in [0.25, 0.3) is 43.8 Å². The maximum Gasteiger partial charge on any atom is 0.636 e. The molecule has 0 saturated heterocycles. The third kappa shape index (κ3) is 5.80. The fourth-order valence-electron chi connectivity index (χ4n) is 7.19. The highest BCUT2D eigenvalue weighted by molar-refractivity contribution is 6.64. The molecule has 8 rings (SSSR count). The molecule has 7 aromatic carbocycles. The Labute approximate surface area is 337 Å². The summed E-state index contributed by atoms with van der Waals surface area (Å²) in [6.07, 6.45) is -1.14. The largest absolute Gasteiger partial charge is 0.636 e. The van der Waals surface area contributed by atoms with E-state index in [4.69, 9.17) is 9.31 Å². The van der Waals surface area contributed by atoms with Crippen LogP contribution >= 0.6 is 0 Å². The molecule has 0 bridgehead atoms. The minimum Gasteiger partial charge on any atom is -0.519 e. The molecule has 0 fully saturated rings. The first kappa shape index (κ1) is 43.8. The second-order valence-electron chi connectivity index (χ2n) is 13.3. The molecule has 0 aromatic heterocycles. The first-order valence-electron chi connectivity index (χ1n) is 16.8. The van der Waals surface area contributed by atoms with Crippen LogP contribution in [0.3, 0.4) is 0 Å². The van der Waals surface area contributed by atoms with E-state index in [1.165, 1.54) is 0 Å². The lowest BCUT2D eigenvalue weighted by Crippen LogP contribution is -2.48. The molecule has 0 N–H and O–H groups in total. The van der Waals surface area contributed by atoms with Gasteiger partial charge in [-0.05, 0) is 23.6 Å². The maximum atomic E-state index is 16.3. The van der Waals surface area contributed by atoms with Crippen molar-refractivity contribution in [2.45, 2.75) is 6.42 Å². The van der Waals surface area contributed by atoms with Crippen molar-refractivity contribution in [1.29, 1.82) is 0 Å². The summed E-state index contributed by atoms with van der Waals surface area (Å²) < 4.78 is 344. The zero-order valence-electron chi connectivity index (χ0n) is 29.6. The number of hydrogen-bond donors (Lipinski definition) is 0.